The van der Waals surface area contributed by atoms with Crippen molar-refractivity contribution in [3.63, 3.8) is 0 Å². The molecule has 0 aliphatic carbocycles. The molecule has 1 aliphatic rings. The van der Waals surface area contributed by atoms with Crippen molar-refractivity contribution >= 4 is 17.3 Å². The van der Waals surface area contributed by atoms with Gasteiger partial charge < -0.3 is 0 Å². The Morgan fingerprint density at radius 3 is 2.70 bits per heavy atom. The molecule has 1 aromatic carbocycles. The minimum Gasteiger partial charge on any atom is -0.299 e. The number of hydrogen-bond donors (Lipinski definition) is 0. The lowest BCUT2D eigenvalue weighted by atomic mass is 9.99. The zero-order valence-electron chi connectivity index (χ0n) is 12.1. The summed E-state index contributed by atoms with van der Waals surface area (Å²) in [6, 6.07) is 5.05. The maximum absolute atomic E-state index is 10.9. The maximum Gasteiger partial charge on any atom is 0.288 e. The Balaban J connectivity index is 2.11. The molecule has 20 heavy (non-hydrogen) atoms. The van der Waals surface area contributed by atoms with Crippen LogP contribution in [0.5, 0.6) is 0 Å². The van der Waals surface area contributed by atoms with E-state index in [2.05, 4.69) is 30.7 Å². The molecule has 110 valence electrons. The van der Waals surface area contributed by atoms with Gasteiger partial charge in [-0.15, -0.1) is 0 Å². The van der Waals surface area contributed by atoms with Gasteiger partial charge in [-0.1, -0.05) is 17.7 Å². The van der Waals surface area contributed by atoms with Crippen molar-refractivity contribution < 1.29 is 4.92 Å². The van der Waals surface area contributed by atoms with E-state index in [1.165, 1.54) is 0 Å². The minimum absolute atomic E-state index is 0.0162. The Morgan fingerprint density at radius 2 is 2.10 bits per heavy atom. The van der Waals surface area contributed by atoms with Gasteiger partial charge >= 0.3 is 0 Å². The standard InChI is InChI=1S/C14H20ClN3O2/c1-14(2)10-17(7-6-16(14)3)9-11-4-5-12(15)13(8-11)18(19)20/h4-5,8H,6-7,9-10H2,1-3H3. The van der Waals surface area contributed by atoms with Gasteiger partial charge in [0.1, 0.15) is 5.02 Å². The van der Waals surface area contributed by atoms with Gasteiger partial charge in [-0.05, 0) is 32.5 Å². The summed E-state index contributed by atoms with van der Waals surface area (Å²) in [5.74, 6) is 0. The Bertz CT molecular complexity index is 519. The second kappa shape index (κ2) is 5.68. The Morgan fingerprint density at radius 1 is 1.40 bits per heavy atom. The van der Waals surface area contributed by atoms with Crippen molar-refractivity contribution in [3.8, 4) is 0 Å². The second-order valence-corrected chi connectivity index (χ2v) is 6.39. The molecule has 0 spiro atoms. The first-order valence-corrected chi connectivity index (χ1v) is 7.04. The lowest BCUT2D eigenvalue weighted by Gasteiger charge is -2.45. The van der Waals surface area contributed by atoms with Crippen LogP contribution in [0.2, 0.25) is 5.02 Å². The van der Waals surface area contributed by atoms with Gasteiger partial charge in [0, 0.05) is 37.8 Å². The van der Waals surface area contributed by atoms with Gasteiger partial charge in [0.2, 0.25) is 0 Å². The van der Waals surface area contributed by atoms with E-state index >= 15 is 0 Å². The first kappa shape index (κ1) is 15.2. The van der Waals surface area contributed by atoms with Crippen molar-refractivity contribution in [2.24, 2.45) is 0 Å². The third-order valence-electron chi connectivity index (χ3n) is 4.01. The number of rotatable bonds is 3. The van der Waals surface area contributed by atoms with E-state index < -0.39 is 4.92 Å². The van der Waals surface area contributed by atoms with E-state index in [4.69, 9.17) is 11.6 Å². The molecule has 6 heteroatoms. The fraction of sp³-hybridized carbons (Fsp3) is 0.571. The van der Waals surface area contributed by atoms with Gasteiger partial charge in [-0.25, -0.2) is 0 Å². The van der Waals surface area contributed by atoms with Gasteiger partial charge in [0.25, 0.3) is 5.69 Å². The summed E-state index contributed by atoms with van der Waals surface area (Å²) >= 11 is 5.84. The molecular weight excluding hydrogens is 278 g/mol. The van der Waals surface area contributed by atoms with E-state index in [0.717, 1.165) is 31.7 Å². The molecule has 0 atom stereocenters. The first-order valence-electron chi connectivity index (χ1n) is 6.66. The SMILES string of the molecule is CN1CCN(Cc2ccc(Cl)c([N+](=O)[O-])c2)CC1(C)C. The number of nitro benzene ring substituents is 1. The van der Waals surface area contributed by atoms with E-state index in [-0.39, 0.29) is 16.2 Å². The number of benzene rings is 1. The van der Waals surface area contributed by atoms with Crippen LogP contribution in [0.25, 0.3) is 0 Å². The molecule has 0 aromatic heterocycles. The van der Waals surface area contributed by atoms with Gasteiger partial charge in [-0.2, -0.15) is 0 Å². The average molecular weight is 298 g/mol. The fourth-order valence-electron chi connectivity index (χ4n) is 2.53. The highest BCUT2D eigenvalue weighted by Gasteiger charge is 2.31. The largest absolute Gasteiger partial charge is 0.299 e. The third kappa shape index (κ3) is 3.29. The molecule has 1 heterocycles. The van der Waals surface area contributed by atoms with E-state index in [9.17, 15) is 10.1 Å². The van der Waals surface area contributed by atoms with Crippen molar-refractivity contribution in [2.45, 2.75) is 25.9 Å². The Hall–Kier alpha value is -1.17. The molecule has 2 rings (SSSR count). The number of nitrogens with zero attached hydrogens (tertiary/aromatic N) is 3. The number of halogens is 1. The van der Waals surface area contributed by atoms with Crippen LogP contribution < -0.4 is 0 Å². The van der Waals surface area contributed by atoms with Crippen LogP contribution in [0.15, 0.2) is 18.2 Å². The molecule has 0 N–H and O–H groups in total. The summed E-state index contributed by atoms with van der Waals surface area (Å²) < 4.78 is 0. The van der Waals surface area contributed by atoms with Crippen LogP contribution in [0.1, 0.15) is 19.4 Å². The molecule has 0 amide bonds. The van der Waals surface area contributed by atoms with Gasteiger partial charge in [-0.3, -0.25) is 19.9 Å². The molecule has 1 saturated heterocycles. The molecule has 0 radical (unpaired) electrons. The van der Waals surface area contributed by atoms with Crippen LogP contribution in [0.4, 0.5) is 5.69 Å². The molecule has 1 fully saturated rings. The van der Waals surface area contributed by atoms with Crippen LogP contribution >= 0.6 is 11.6 Å². The number of piperazine rings is 1. The van der Waals surface area contributed by atoms with E-state index in [1.807, 2.05) is 6.07 Å². The highest BCUT2D eigenvalue weighted by molar-refractivity contribution is 6.32. The normalized spacial score (nSPS) is 20.0. The van der Waals surface area contributed by atoms with Crippen LogP contribution in [-0.4, -0.2) is 46.9 Å². The predicted molar refractivity (Wildman–Crippen MR) is 80.1 cm³/mol. The first-order chi connectivity index (χ1) is 9.29. The zero-order chi connectivity index (χ0) is 14.9. The molecule has 5 nitrogen and oxygen atoms in total. The predicted octanol–water partition coefficient (Wildman–Crippen LogP) is 2.77. The quantitative estimate of drug-likeness (QED) is 0.636. The lowest BCUT2D eigenvalue weighted by molar-refractivity contribution is -0.384. The van der Waals surface area contributed by atoms with E-state index in [0.29, 0.717) is 0 Å². The summed E-state index contributed by atoms with van der Waals surface area (Å²) in [5, 5.41) is 11.1. The number of nitro groups is 1. The highest BCUT2D eigenvalue weighted by atomic mass is 35.5. The molecule has 0 unspecified atom stereocenters. The Labute approximate surface area is 124 Å². The number of likely N-dealkylation sites (N-methyl/N-ethyl adjacent to an activating group) is 1. The molecular formula is C14H20ClN3O2. The zero-order valence-corrected chi connectivity index (χ0v) is 12.9. The summed E-state index contributed by atoms with van der Waals surface area (Å²) in [5.41, 5.74) is 1.04. The Kier molecular flexibility index (Phi) is 4.32. The summed E-state index contributed by atoms with van der Waals surface area (Å²) in [6.07, 6.45) is 0. The van der Waals surface area contributed by atoms with Crippen molar-refractivity contribution in [1.82, 2.24) is 9.80 Å². The average Bonchev–Trinajstić information content (AvgIpc) is 2.35. The van der Waals surface area contributed by atoms with Gasteiger partial charge in [0.05, 0.1) is 4.92 Å². The fourth-order valence-corrected chi connectivity index (χ4v) is 2.72. The van der Waals surface area contributed by atoms with Crippen molar-refractivity contribution in [2.75, 3.05) is 26.7 Å². The maximum atomic E-state index is 10.9. The minimum atomic E-state index is -0.431. The van der Waals surface area contributed by atoms with Crippen molar-refractivity contribution in [3.05, 3.63) is 38.9 Å². The van der Waals surface area contributed by atoms with Crippen LogP contribution in [0.3, 0.4) is 0 Å². The summed E-state index contributed by atoms with van der Waals surface area (Å²) in [4.78, 5) is 15.1. The highest BCUT2D eigenvalue weighted by Crippen LogP contribution is 2.27. The number of hydrogen-bond acceptors (Lipinski definition) is 4. The topological polar surface area (TPSA) is 49.6 Å². The molecule has 1 aliphatic heterocycles. The van der Waals surface area contributed by atoms with E-state index in [1.54, 1.807) is 12.1 Å². The van der Waals surface area contributed by atoms with Crippen LogP contribution in [0, 0.1) is 10.1 Å². The lowest BCUT2D eigenvalue weighted by Crippen LogP contribution is -2.57. The molecule has 0 saturated carbocycles. The molecule has 1 aromatic rings. The monoisotopic (exact) mass is 297 g/mol. The smallest absolute Gasteiger partial charge is 0.288 e. The second-order valence-electron chi connectivity index (χ2n) is 5.99. The third-order valence-corrected chi connectivity index (χ3v) is 4.33. The van der Waals surface area contributed by atoms with Gasteiger partial charge in [0.15, 0.2) is 0 Å². The van der Waals surface area contributed by atoms with Crippen LogP contribution in [-0.2, 0) is 6.54 Å². The summed E-state index contributed by atoms with van der Waals surface area (Å²) in [7, 11) is 2.13. The van der Waals surface area contributed by atoms with Crippen molar-refractivity contribution in [1.29, 1.82) is 0 Å². The molecule has 0 bridgehead atoms. The summed E-state index contributed by atoms with van der Waals surface area (Å²) in [6.45, 7) is 8.06.